The summed E-state index contributed by atoms with van der Waals surface area (Å²) in [4.78, 5) is 2.42. The quantitative estimate of drug-likeness (QED) is 0.870. The van der Waals surface area contributed by atoms with Crippen molar-refractivity contribution in [3.63, 3.8) is 0 Å². The molecular formula is C14H22N2O. The van der Waals surface area contributed by atoms with E-state index in [1.165, 1.54) is 11.1 Å². The Kier molecular flexibility index (Phi) is 3.69. The zero-order chi connectivity index (χ0) is 12.4. The highest BCUT2D eigenvalue weighted by Gasteiger charge is 2.24. The molecular weight excluding hydrogens is 212 g/mol. The Hall–Kier alpha value is -1.06. The molecule has 1 aromatic rings. The van der Waals surface area contributed by atoms with Crippen LogP contribution in [0.3, 0.4) is 0 Å². The summed E-state index contributed by atoms with van der Waals surface area (Å²) in [6.45, 7) is 3.91. The van der Waals surface area contributed by atoms with E-state index in [0.717, 1.165) is 30.7 Å². The van der Waals surface area contributed by atoms with Crippen molar-refractivity contribution >= 4 is 0 Å². The summed E-state index contributed by atoms with van der Waals surface area (Å²) >= 11 is 0. The van der Waals surface area contributed by atoms with E-state index in [2.05, 4.69) is 31.0 Å². The van der Waals surface area contributed by atoms with Crippen LogP contribution >= 0.6 is 0 Å². The number of hydrogen-bond acceptors (Lipinski definition) is 3. The maximum atomic E-state index is 5.76. The van der Waals surface area contributed by atoms with Gasteiger partial charge in [0, 0.05) is 24.7 Å². The molecule has 3 heteroatoms. The number of nitrogens with zero attached hydrogens (tertiary/aromatic N) is 1. The third kappa shape index (κ3) is 2.17. The van der Waals surface area contributed by atoms with E-state index in [9.17, 15) is 0 Å². The molecule has 0 radical (unpaired) electrons. The Labute approximate surface area is 104 Å². The highest BCUT2D eigenvalue weighted by atomic mass is 16.5. The van der Waals surface area contributed by atoms with E-state index in [1.807, 2.05) is 0 Å². The highest BCUT2D eigenvalue weighted by Crippen LogP contribution is 2.35. The molecule has 0 amide bonds. The van der Waals surface area contributed by atoms with Gasteiger partial charge in [0.1, 0.15) is 5.75 Å². The predicted octanol–water partition coefficient (Wildman–Crippen LogP) is 2.09. The molecule has 94 valence electrons. The van der Waals surface area contributed by atoms with Crippen molar-refractivity contribution in [2.24, 2.45) is 5.73 Å². The number of ether oxygens (including phenoxy) is 1. The fourth-order valence-corrected chi connectivity index (χ4v) is 2.79. The van der Waals surface area contributed by atoms with Crippen LogP contribution < -0.4 is 10.5 Å². The SMILES string of the molecule is CCC1c2cc(OC)c(CN)cc2CCN1C. The lowest BCUT2D eigenvalue weighted by Crippen LogP contribution is -2.32. The van der Waals surface area contributed by atoms with Gasteiger partial charge in [-0.2, -0.15) is 0 Å². The van der Waals surface area contributed by atoms with E-state index < -0.39 is 0 Å². The highest BCUT2D eigenvalue weighted by molar-refractivity contribution is 5.45. The van der Waals surface area contributed by atoms with Gasteiger partial charge >= 0.3 is 0 Å². The number of benzene rings is 1. The van der Waals surface area contributed by atoms with Crippen LogP contribution in [0.4, 0.5) is 0 Å². The second-order valence-electron chi connectivity index (χ2n) is 4.72. The Morgan fingerprint density at radius 2 is 2.24 bits per heavy atom. The summed E-state index contributed by atoms with van der Waals surface area (Å²) in [5.41, 5.74) is 9.73. The average molecular weight is 234 g/mol. The molecule has 1 unspecified atom stereocenters. The van der Waals surface area contributed by atoms with Crippen molar-refractivity contribution in [1.82, 2.24) is 4.90 Å². The molecule has 0 aromatic heterocycles. The van der Waals surface area contributed by atoms with Crippen molar-refractivity contribution in [1.29, 1.82) is 0 Å². The van der Waals surface area contributed by atoms with Gasteiger partial charge < -0.3 is 10.5 Å². The summed E-state index contributed by atoms with van der Waals surface area (Å²) in [5.74, 6) is 0.931. The molecule has 2 N–H and O–H groups in total. The lowest BCUT2D eigenvalue weighted by atomic mass is 9.89. The first-order valence-corrected chi connectivity index (χ1v) is 6.31. The minimum atomic E-state index is 0.513. The van der Waals surface area contributed by atoms with E-state index in [-0.39, 0.29) is 0 Å². The molecule has 0 saturated carbocycles. The lowest BCUT2D eigenvalue weighted by molar-refractivity contribution is 0.224. The van der Waals surface area contributed by atoms with Gasteiger partial charge in [0.25, 0.3) is 0 Å². The normalized spacial score (nSPS) is 20.1. The van der Waals surface area contributed by atoms with Crippen LogP contribution in [0.15, 0.2) is 12.1 Å². The molecule has 0 fully saturated rings. The van der Waals surface area contributed by atoms with Crippen LogP contribution in [0, 0.1) is 0 Å². The van der Waals surface area contributed by atoms with Gasteiger partial charge in [0.05, 0.1) is 7.11 Å². The van der Waals surface area contributed by atoms with Crippen molar-refractivity contribution < 1.29 is 4.74 Å². The Morgan fingerprint density at radius 1 is 1.47 bits per heavy atom. The zero-order valence-electron chi connectivity index (χ0n) is 11.0. The first-order valence-electron chi connectivity index (χ1n) is 6.31. The maximum absolute atomic E-state index is 5.76. The van der Waals surface area contributed by atoms with E-state index in [4.69, 9.17) is 10.5 Å². The zero-order valence-corrected chi connectivity index (χ0v) is 11.0. The van der Waals surface area contributed by atoms with Crippen molar-refractivity contribution in [2.75, 3.05) is 20.7 Å². The number of nitrogens with two attached hydrogens (primary N) is 1. The van der Waals surface area contributed by atoms with E-state index >= 15 is 0 Å². The monoisotopic (exact) mass is 234 g/mol. The molecule has 1 heterocycles. The van der Waals surface area contributed by atoms with Gasteiger partial charge in [0.2, 0.25) is 0 Å². The Balaban J connectivity index is 2.48. The van der Waals surface area contributed by atoms with Gasteiger partial charge in [-0.3, -0.25) is 4.90 Å². The summed E-state index contributed by atoms with van der Waals surface area (Å²) < 4.78 is 5.43. The molecule has 1 atom stereocenters. The molecule has 0 bridgehead atoms. The van der Waals surface area contributed by atoms with Crippen LogP contribution in [0.1, 0.15) is 36.1 Å². The minimum absolute atomic E-state index is 0.513. The number of rotatable bonds is 3. The van der Waals surface area contributed by atoms with Gasteiger partial charge in [0.15, 0.2) is 0 Å². The number of likely N-dealkylation sites (N-methyl/N-ethyl adjacent to an activating group) is 1. The van der Waals surface area contributed by atoms with Gasteiger partial charge in [-0.05, 0) is 37.1 Å². The van der Waals surface area contributed by atoms with E-state index in [0.29, 0.717) is 12.6 Å². The second kappa shape index (κ2) is 5.07. The molecule has 0 spiro atoms. The van der Waals surface area contributed by atoms with Gasteiger partial charge in [-0.1, -0.05) is 13.0 Å². The Bertz CT molecular complexity index is 403. The molecule has 1 aliphatic rings. The van der Waals surface area contributed by atoms with Gasteiger partial charge in [-0.25, -0.2) is 0 Å². The van der Waals surface area contributed by atoms with E-state index in [1.54, 1.807) is 7.11 Å². The van der Waals surface area contributed by atoms with Crippen molar-refractivity contribution in [3.8, 4) is 5.75 Å². The second-order valence-corrected chi connectivity index (χ2v) is 4.72. The van der Waals surface area contributed by atoms with Crippen LogP contribution in [-0.4, -0.2) is 25.6 Å². The number of methoxy groups -OCH3 is 1. The molecule has 0 aliphatic carbocycles. The summed E-state index contributed by atoms with van der Waals surface area (Å²) in [6, 6.07) is 4.92. The maximum Gasteiger partial charge on any atom is 0.123 e. The molecule has 17 heavy (non-hydrogen) atoms. The average Bonchev–Trinajstić information content (AvgIpc) is 2.37. The lowest BCUT2D eigenvalue weighted by Gasteiger charge is -2.34. The molecule has 3 nitrogen and oxygen atoms in total. The third-order valence-electron chi connectivity index (χ3n) is 3.77. The number of fused-ring (bicyclic) bond motifs is 1. The van der Waals surface area contributed by atoms with Crippen LogP contribution in [0.25, 0.3) is 0 Å². The smallest absolute Gasteiger partial charge is 0.123 e. The molecule has 1 aromatic carbocycles. The van der Waals surface area contributed by atoms with Crippen molar-refractivity contribution in [3.05, 3.63) is 28.8 Å². The molecule has 0 saturated heterocycles. The molecule has 2 rings (SSSR count). The molecule has 1 aliphatic heterocycles. The first kappa shape index (κ1) is 12.4. The third-order valence-corrected chi connectivity index (χ3v) is 3.77. The summed E-state index contributed by atoms with van der Waals surface area (Å²) in [6.07, 6.45) is 2.24. The minimum Gasteiger partial charge on any atom is -0.496 e. The largest absolute Gasteiger partial charge is 0.496 e. The van der Waals surface area contributed by atoms with Crippen LogP contribution in [0.2, 0.25) is 0 Å². The first-order chi connectivity index (χ1) is 8.21. The van der Waals surface area contributed by atoms with Crippen LogP contribution in [-0.2, 0) is 13.0 Å². The number of hydrogen-bond donors (Lipinski definition) is 1. The van der Waals surface area contributed by atoms with Gasteiger partial charge in [-0.15, -0.1) is 0 Å². The fraction of sp³-hybridized carbons (Fsp3) is 0.571. The fourth-order valence-electron chi connectivity index (χ4n) is 2.79. The predicted molar refractivity (Wildman–Crippen MR) is 70.3 cm³/mol. The Morgan fingerprint density at radius 3 is 2.82 bits per heavy atom. The standard InChI is InChI=1S/C14H22N2O/c1-4-13-12-8-14(17-3)11(9-15)7-10(12)5-6-16(13)2/h7-8,13H,4-6,9,15H2,1-3H3. The van der Waals surface area contributed by atoms with Crippen molar-refractivity contribution in [2.45, 2.75) is 32.4 Å². The van der Waals surface area contributed by atoms with Crippen LogP contribution in [0.5, 0.6) is 5.75 Å². The summed E-state index contributed by atoms with van der Waals surface area (Å²) in [7, 11) is 3.91. The summed E-state index contributed by atoms with van der Waals surface area (Å²) in [5, 5.41) is 0. The topological polar surface area (TPSA) is 38.5 Å².